The number of benzene rings is 1. The lowest BCUT2D eigenvalue weighted by Gasteiger charge is -2.05. The van der Waals surface area contributed by atoms with Gasteiger partial charge in [-0.2, -0.15) is 5.21 Å². The summed E-state index contributed by atoms with van der Waals surface area (Å²) in [6.45, 7) is 1.96. The van der Waals surface area contributed by atoms with E-state index in [1.807, 2.05) is 37.3 Å². The predicted molar refractivity (Wildman–Crippen MR) is 66.6 cm³/mol. The molecular formula is C11H9N5S. The number of para-hydroxylation sites is 1. The number of H-pyrrole nitrogens is 1. The van der Waals surface area contributed by atoms with Crippen molar-refractivity contribution in [1.82, 2.24) is 25.2 Å². The van der Waals surface area contributed by atoms with Gasteiger partial charge in [-0.3, -0.25) is 4.98 Å². The number of nitrogens with one attached hydrogen (secondary N) is 1. The second-order valence-corrected chi connectivity index (χ2v) is 4.08. The maximum absolute atomic E-state index is 5.09. The lowest BCUT2D eigenvalue weighted by Crippen LogP contribution is -1.99. The van der Waals surface area contributed by atoms with Gasteiger partial charge in [-0.1, -0.05) is 28.5 Å². The van der Waals surface area contributed by atoms with Crippen LogP contribution in [-0.2, 0) is 0 Å². The molecule has 0 atom stereocenters. The van der Waals surface area contributed by atoms with Crippen LogP contribution in [0.2, 0.25) is 0 Å². The summed E-state index contributed by atoms with van der Waals surface area (Å²) >= 11 is 5.09. The number of nitrogens with zero attached hydrogens (tertiary/aromatic N) is 4. The minimum atomic E-state index is 0.390. The van der Waals surface area contributed by atoms with Gasteiger partial charge in [-0.05, 0) is 31.3 Å². The lowest BCUT2D eigenvalue weighted by molar-refractivity contribution is 0.788. The van der Waals surface area contributed by atoms with E-state index in [1.54, 1.807) is 4.68 Å². The van der Waals surface area contributed by atoms with Crippen molar-refractivity contribution < 1.29 is 0 Å². The van der Waals surface area contributed by atoms with E-state index in [4.69, 9.17) is 12.2 Å². The van der Waals surface area contributed by atoms with Gasteiger partial charge in [0.25, 0.3) is 0 Å². The Bertz CT molecular complexity index is 743. The highest BCUT2D eigenvalue weighted by Gasteiger charge is 2.06. The molecule has 0 bridgehead atoms. The first-order chi connectivity index (χ1) is 8.25. The maximum atomic E-state index is 5.09. The zero-order valence-corrected chi connectivity index (χ0v) is 9.90. The van der Waals surface area contributed by atoms with E-state index in [9.17, 15) is 0 Å². The molecule has 17 heavy (non-hydrogen) atoms. The van der Waals surface area contributed by atoms with Crippen molar-refractivity contribution >= 4 is 23.1 Å². The molecule has 2 aromatic heterocycles. The third-order valence-corrected chi connectivity index (χ3v) is 2.81. The van der Waals surface area contributed by atoms with E-state index in [0.717, 1.165) is 22.3 Å². The highest BCUT2D eigenvalue weighted by atomic mass is 32.1. The largest absolute Gasteiger partial charge is 0.251 e. The standard InChI is InChI=1S/C11H9N5S/c1-7-5-6-8-3-2-4-9(10(8)12-7)16-11(17)13-14-15-16/h2-6H,1H3,(H,13,15,17). The van der Waals surface area contributed by atoms with Crippen molar-refractivity contribution in [3.8, 4) is 5.69 Å². The number of hydrogen-bond donors (Lipinski definition) is 1. The van der Waals surface area contributed by atoms with Crippen molar-refractivity contribution in [2.75, 3.05) is 0 Å². The molecule has 1 aromatic carbocycles. The summed E-state index contributed by atoms with van der Waals surface area (Å²) in [6, 6.07) is 9.92. The first kappa shape index (κ1) is 10.1. The quantitative estimate of drug-likeness (QED) is 0.665. The highest BCUT2D eigenvalue weighted by molar-refractivity contribution is 7.71. The van der Waals surface area contributed by atoms with Gasteiger partial charge >= 0.3 is 0 Å². The van der Waals surface area contributed by atoms with Gasteiger partial charge in [0.2, 0.25) is 4.77 Å². The molecule has 0 radical (unpaired) electrons. The number of hydrogen-bond acceptors (Lipinski definition) is 4. The van der Waals surface area contributed by atoms with E-state index in [-0.39, 0.29) is 0 Å². The Labute approximate surface area is 102 Å². The topological polar surface area (TPSA) is 59.4 Å². The van der Waals surface area contributed by atoms with Crippen LogP contribution < -0.4 is 0 Å². The van der Waals surface area contributed by atoms with Gasteiger partial charge in [-0.25, -0.2) is 4.68 Å². The molecule has 3 rings (SSSR count). The molecule has 5 nitrogen and oxygen atoms in total. The third kappa shape index (κ3) is 1.62. The average Bonchev–Trinajstić information content (AvgIpc) is 2.74. The first-order valence-corrected chi connectivity index (χ1v) is 5.53. The number of pyridine rings is 1. The van der Waals surface area contributed by atoms with E-state index in [1.165, 1.54) is 0 Å². The van der Waals surface area contributed by atoms with Crippen molar-refractivity contribution in [1.29, 1.82) is 0 Å². The molecular weight excluding hydrogens is 234 g/mol. The normalized spacial score (nSPS) is 10.9. The highest BCUT2D eigenvalue weighted by Crippen LogP contribution is 2.19. The fourth-order valence-electron chi connectivity index (χ4n) is 1.76. The van der Waals surface area contributed by atoms with E-state index in [2.05, 4.69) is 20.5 Å². The van der Waals surface area contributed by atoms with Gasteiger partial charge < -0.3 is 0 Å². The number of fused-ring (bicyclic) bond motifs is 1. The maximum Gasteiger partial charge on any atom is 0.242 e. The fourth-order valence-corrected chi connectivity index (χ4v) is 1.94. The summed E-state index contributed by atoms with van der Waals surface area (Å²) in [5, 5.41) is 11.3. The summed E-state index contributed by atoms with van der Waals surface area (Å²) in [5.41, 5.74) is 2.71. The smallest absolute Gasteiger partial charge is 0.242 e. The van der Waals surface area contributed by atoms with Crippen LogP contribution in [0.25, 0.3) is 16.6 Å². The molecule has 0 fully saturated rings. The Morgan fingerprint density at radius 2 is 2.12 bits per heavy atom. The lowest BCUT2D eigenvalue weighted by atomic mass is 10.2. The van der Waals surface area contributed by atoms with Crippen molar-refractivity contribution in [2.45, 2.75) is 6.92 Å². The molecule has 0 unspecified atom stereocenters. The van der Waals surface area contributed by atoms with Crippen molar-refractivity contribution in [3.63, 3.8) is 0 Å². The zero-order valence-electron chi connectivity index (χ0n) is 9.08. The van der Waals surface area contributed by atoms with Crippen molar-refractivity contribution in [3.05, 3.63) is 40.8 Å². The second kappa shape index (κ2) is 3.74. The number of tetrazole rings is 1. The molecule has 0 aliphatic carbocycles. The molecule has 6 heteroatoms. The molecule has 1 N–H and O–H groups in total. The zero-order chi connectivity index (χ0) is 11.8. The number of aryl methyl sites for hydroxylation is 1. The summed E-state index contributed by atoms with van der Waals surface area (Å²) in [5.74, 6) is 0. The number of aromatic amines is 1. The summed E-state index contributed by atoms with van der Waals surface area (Å²) < 4.78 is 2.03. The van der Waals surface area contributed by atoms with Gasteiger partial charge in [0.15, 0.2) is 0 Å². The Kier molecular flexibility index (Phi) is 2.22. The van der Waals surface area contributed by atoms with Crippen LogP contribution in [0.15, 0.2) is 30.3 Å². The molecule has 0 aliphatic heterocycles. The Balaban J connectivity index is 2.41. The minimum Gasteiger partial charge on any atom is -0.251 e. The average molecular weight is 243 g/mol. The first-order valence-electron chi connectivity index (χ1n) is 5.12. The summed E-state index contributed by atoms with van der Waals surface area (Å²) in [7, 11) is 0. The Morgan fingerprint density at radius 1 is 1.24 bits per heavy atom. The van der Waals surface area contributed by atoms with Crippen LogP contribution in [0.3, 0.4) is 0 Å². The molecule has 0 saturated carbocycles. The molecule has 0 spiro atoms. The van der Waals surface area contributed by atoms with Crippen LogP contribution in [0.4, 0.5) is 0 Å². The van der Waals surface area contributed by atoms with Gasteiger partial charge in [0.05, 0.1) is 11.2 Å². The molecule has 3 aromatic rings. The molecule has 2 heterocycles. The third-order valence-electron chi connectivity index (χ3n) is 2.55. The van der Waals surface area contributed by atoms with Crippen LogP contribution in [-0.4, -0.2) is 25.2 Å². The SMILES string of the molecule is Cc1ccc2cccc(-n3[nH]nnc3=S)c2n1. The molecule has 0 saturated heterocycles. The number of rotatable bonds is 1. The summed E-state index contributed by atoms with van der Waals surface area (Å²) in [4.78, 5) is 4.53. The van der Waals surface area contributed by atoms with Crippen LogP contribution in [0.5, 0.6) is 0 Å². The molecule has 84 valence electrons. The minimum absolute atomic E-state index is 0.390. The van der Waals surface area contributed by atoms with Crippen molar-refractivity contribution in [2.24, 2.45) is 0 Å². The molecule has 0 amide bonds. The van der Waals surface area contributed by atoms with Gasteiger partial charge in [0, 0.05) is 11.1 Å². The van der Waals surface area contributed by atoms with E-state index < -0.39 is 0 Å². The summed E-state index contributed by atoms with van der Waals surface area (Å²) in [6.07, 6.45) is 0. The van der Waals surface area contributed by atoms with Crippen LogP contribution in [0, 0.1) is 11.7 Å². The van der Waals surface area contributed by atoms with E-state index >= 15 is 0 Å². The monoisotopic (exact) mass is 243 g/mol. The molecule has 0 aliphatic rings. The predicted octanol–water partition coefficient (Wildman–Crippen LogP) is 2.18. The van der Waals surface area contributed by atoms with Crippen LogP contribution >= 0.6 is 12.2 Å². The van der Waals surface area contributed by atoms with Gasteiger partial charge in [-0.15, -0.1) is 0 Å². The Morgan fingerprint density at radius 3 is 2.88 bits per heavy atom. The Hall–Kier alpha value is -2.08. The number of aromatic nitrogens is 5. The second-order valence-electron chi connectivity index (χ2n) is 3.72. The van der Waals surface area contributed by atoms with Crippen LogP contribution in [0.1, 0.15) is 5.69 Å². The van der Waals surface area contributed by atoms with Gasteiger partial charge in [0.1, 0.15) is 0 Å². The fraction of sp³-hybridized carbons (Fsp3) is 0.0909. The van der Waals surface area contributed by atoms with E-state index in [0.29, 0.717) is 4.77 Å².